The molecule has 398 valence electrons. The van der Waals surface area contributed by atoms with Gasteiger partial charge in [0.15, 0.2) is 6.10 Å². The number of hydrogen-bond donors (Lipinski definition) is 0. The minimum absolute atomic E-state index is 0.0622. The molecule has 0 spiro atoms. The van der Waals surface area contributed by atoms with E-state index in [1.54, 1.807) is 0 Å². The van der Waals surface area contributed by atoms with Crippen molar-refractivity contribution in [1.82, 2.24) is 0 Å². The van der Waals surface area contributed by atoms with E-state index in [-0.39, 0.29) is 31.1 Å². The van der Waals surface area contributed by atoms with E-state index >= 15 is 0 Å². The average Bonchev–Trinajstić information content (AvgIpc) is 3.30. The van der Waals surface area contributed by atoms with Crippen LogP contribution in [0.1, 0.15) is 343 Å². The molecule has 0 fully saturated rings. The van der Waals surface area contributed by atoms with Crippen LogP contribution in [0.15, 0.2) is 0 Å². The molecule has 0 rings (SSSR count). The summed E-state index contributed by atoms with van der Waals surface area (Å²) in [5.74, 6) is 0.863. The van der Waals surface area contributed by atoms with E-state index in [4.69, 9.17) is 14.2 Å². The van der Waals surface area contributed by atoms with E-state index in [9.17, 15) is 14.4 Å². The molecule has 0 amide bonds. The van der Waals surface area contributed by atoms with Gasteiger partial charge in [-0.05, 0) is 31.1 Å². The van der Waals surface area contributed by atoms with Gasteiger partial charge in [0.1, 0.15) is 13.2 Å². The number of rotatable bonds is 55. The van der Waals surface area contributed by atoms with Crippen molar-refractivity contribution in [2.24, 2.45) is 11.8 Å². The van der Waals surface area contributed by atoms with Gasteiger partial charge in [0.05, 0.1) is 0 Å². The third kappa shape index (κ3) is 55.2. The highest BCUT2D eigenvalue weighted by Crippen LogP contribution is 2.18. The highest BCUT2D eigenvalue weighted by atomic mass is 16.6. The van der Waals surface area contributed by atoms with Gasteiger partial charge in [0.2, 0.25) is 0 Å². The maximum atomic E-state index is 12.8. The van der Waals surface area contributed by atoms with Crippen molar-refractivity contribution in [1.29, 1.82) is 0 Å². The SMILES string of the molecule is CCCCCCCCCCCCCCCC(=O)O[C@H](COC(=O)CCCCCCCCCCCCCCCCCCC(C)C)COC(=O)CCCCCCCCCCCCCCCCC(C)C. The lowest BCUT2D eigenvalue weighted by atomic mass is 10.0. The molecule has 0 bridgehead atoms. The van der Waals surface area contributed by atoms with Crippen molar-refractivity contribution < 1.29 is 28.6 Å². The molecule has 0 aromatic rings. The predicted molar refractivity (Wildman–Crippen MR) is 289 cm³/mol. The van der Waals surface area contributed by atoms with E-state index < -0.39 is 6.10 Å². The highest BCUT2D eigenvalue weighted by molar-refractivity contribution is 5.71. The molecule has 6 heteroatoms. The lowest BCUT2D eigenvalue weighted by molar-refractivity contribution is -0.167. The molecule has 0 aliphatic rings. The first kappa shape index (κ1) is 65.4. The molecule has 0 N–H and O–H groups in total. The van der Waals surface area contributed by atoms with Gasteiger partial charge in [-0.25, -0.2) is 0 Å². The molecule has 1 atom stereocenters. The van der Waals surface area contributed by atoms with Gasteiger partial charge in [-0.15, -0.1) is 0 Å². The summed E-state index contributed by atoms with van der Waals surface area (Å²) in [5, 5.41) is 0. The van der Waals surface area contributed by atoms with E-state index in [2.05, 4.69) is 34.6 Å². The zero-order valence-electron chi connectivity index (χ0n) is 46.0. The minimum Gasteiger partial charge on any atom is -0.462 e. The van der Waals surface area contributed by atoms with Gasteiger partial charge >= 0.3 is 17.9 Å². The van der Waals surface area contributed by atoms with Gasteiger partial charge in [-0.3, -0.25) is 14.4 Å². The Morgan fingerprint density at radius 3 is 0.731 bits per heavy atom. The summed E-state index contributed by atoms with van der Waals surface area (Å²) >= 11 is 0. The molecule has 0 aromatic heterocycles. The van der Waals surface area contributed by atoms with Crippen LogP contribution in [0, 0.1) is 11.8 Å². The van der Waals surface area contributed by atoms with Crippen LogP contribution in [0.2, 0.25) is 0 Å². The Bertz CT molecular complexity index is 1020. The van der Waals surface area contributed by atoms with Gasteiger partial charge in [0, 0.05) is 19.3 Å². The summed E-state index contributed by atoms with van der Waals surface area (Å²) in [7, 11) is 0. The van der Waals surface area contributed by atoms with Crippen LogP contribution < -0.4 is 0 Å². The minimum atomic E-state index is -0.763. The zero-order valence-corrected chi connectivity index (χ0v) is 46.0. The summed E-state index contributed by atoms with van der Waals surface area (Å²) < 4.78 is 16.9. The maximum absolute atomic E-state index is 12.8. The van der Waals surface area contributed by atoms with Gasteiger partial charge in [-0.1, -0.05) is 304 Å². The summed E-state index contributed by atoms with van der Waals surface area (Å²) in [4.78, 5) is 38.2. The lowest BCUT2D eigenvalue weighted by Gasteiger charge is -2.18. The molecule has 67 heavy (non-hydrogen) atoms. The van der Waals surface area contributed by atoms with Crippen LogP contribution in [0.25, 0.3) is 0 Å². The first-order valence-electron chi connectivity index (χ1n) is 30.2. The number of carbonyl (C=O) groups excluding carboxylic acids is 3. The van der Waals surface area contributed by atoms with Crippen LogP contribution in [0.3, 0.4) is 0 Å². The molecule has 0 aliphatic carbocycles. The summed E-state index contributed by atoms with van der Waals surface area (Å²) in [6.07, 6.45) is 58.1. The number of hydrogen-bond acceptors (Lipinski definition) is 6. The van der Waals surface area contributed by atoms with Crippen molar-refractivity contribution in [3.05, 3.63) is 0 Å². The Morgan fingerprint density at radius 1 is 0.284 bits per heavy atom. The van der Waals surface area contributed by atoms with Crippen LogP contribution in [0.4, 0.5) is 0 Å². The molecule has 0 unspecified atom stereocenters. The first-order chi connectivity index (χ1) is 32.7. The average molecular weight is 948 g/mol. The molecule has 0 heterocycles. The third-order valence-corrected chi connectivity index (χ3v) is 14.0. The van der Waals surface area contributed by atoms with Gasteiger partial charge in [-0.2, -0.15) is 0 Å². The predicted octanol–water partition coefficient (Wildman–Crippen LogP) is 20.0. The summed E-state index contributed by atoms with van der Waals surface area (Å²) in [6, 6.07) is 0. The molecule has 6 nitrogen and oxygen atoms in total. The van der Waals surface area contributed by atoms with E-state index in [0.29, 0.717) is 19.3 Å². The topological polar surface area (TPSA) is 78.9 Å². The number of carbonyl (C=O) groups is 3. The number of esters is 3. The second-order valence-corrected chi connectivity index (χ2v) is 21.9. The molecule has 0 saturated carbocycles. The Kier molecular flexibility index (Phi) is 52.5. The van der Waals surface area contributed by atoms with Gasteiger partial charge in [0.25, 0.3) is 0 Å². The third-order valence-electron chi connectivity index (χ3n) is 14.0. The molecular formula is C61H118O6. The Hall–Kier alpha value is -1.59. The second kappa shape index (κ2) is 53.8. The molecule has 0 saturated heterocycles. The summed E-state index contributed by atoms with van der Waals surface area (Å²) in [5.41, 5.74) is 0. The quantitative estimate of drug-likeness (QED) is 0.0343. The number of ether oxygens (including phenoxy) is 3. The van der Waals surface area contributed by atoms with Crippen molar-refractivity contribution in [2.45, 2.75) is 349 Å². The lowest BCUT2D eigenvalue weighted by Crippen LogP contribution is -2.30. The fourth-order valence-corrected chi connectivity index (χ4v) is 9.40. The second-order valence-electron chi connectivity index (χ2n) is 21.9. The highest BCUT2D eigenvalue weighted by Gasteiger charge is 2.19. The molecule has 0 aliphatic heterocycles. The zero-order chi connectivity index (χ0) is 48.9. The van der Waals surface area contributed by atoms with Crippen LogP contribution >= 0.6 is 0 Å². The van der Waals surface area contributed by atoms with Crippen molar-refractivity contribution in [2.75, 3.05) is 13.2 Å². The summed E-state index contributed by atoms with van der Waals surface area (Å²) in [6.45, 7) is 11.4. The normalized spacial score (nSPS) is 12.0. The van der Waals surface area contributed by atoms with E-state index in [0.717, 1.165) is 69.6 Å². The van der Waals surface area contributed by atoms with Crippen LogP contribution in [-0.4, -0.2) is 37.2 Å². The Morgan fingerprint density at radius 2 is 0.493 bits per heavy atom. The fraction of sp³-hybridized carbons (Fsp3) is 0.951. The van der Waals surface area contributed by atoms with E-state index in [1.165, 1.54) is 231 Å². The fourth-order valence-electron chi connectivity index (χ4n) is 9.40. The molecule has 0 radical (unpaired) electrons. The maximum Gasteiger partial charge on any atom is 0.306 e. The van der Waals surface area contributed by atoms with E-state index in [1.807, 2.05) is 0 Å². The monoisotopic (exact) mass is 947 g/mol. The van der Waals surface area contributed by atoms with Crippen molar-refractivity contribution >= 4 is 17.9 Å². The van der Waals surface area contributed by atoms with Crippen molar-refractivity contribution in [3.8, 4) is 0 Å². The van der Waals surface area contributed by atoms with Gasteiger partial charge < -0.3 is 14.2 Å². The smallest absolute Gasteiger partial charge is 0.306 e. The Balaban J connectivity index is 4.26. The molecular weight excluding hydrogens is 829 g/mol. The van der Waals surface area contributed by atoms with Crippen LogP contribution in [0.5, 0.6) is 0 Å². The standard InChI is InChI=1S/C61H118O6/c1-6-7-8-9-10-11-12-19-28-33-38-43-48-53-61(64)67-58(55-66-60(63)52-47-42-37-32-27-23-18-17-21-25-30-35-40-45-50-57(4)5)54-65-59(62)51-46-41-36-31-26-22-16-14-13-15-20-24-29-34-39-44-49-56(2)3/h56-58H,6-55H2,1-5H3/t58-/m1/s1. The number of unbranched alkanes of at least 4 members (excludes halogenated alkanes) is 40. The first-order valence-corrected chi connectivity index (χ1v) is 30.2. The van der Waals surface area contributed by atoms with Crippen LogP contribution in [-0.2, 0) is 28.6 Å². The Labute approximate surface area is 418 Å². The molecule has 0 aromatic carbocycles. The van der Waals surface area contributed by atoms with Crippen molar-refractivity contribution in [3.63, 3.8) is 0 Å². The largest absolute Gasteiger partial charge is 0.462 e.